The third-order valence-corrected chi connectivity index (χ3v) is 4.94. The van der Waals surface area contributed by atoms with Crippen molar-refractivity contribution in [3.8, 4) is 0 Å². The summed E-state index contributed by atoms with van der Waals surface area (Å²) >= 11 is 0. The Morgan fingerprint density at radius 3 is 2.55 bits per heavy atom. The first-order valence-electron chi connectivity index (χ1n) is 8.42. The molecule has 0 radical (unpaired) electrons. The van der Waals surface area contributed by atoms with E-state index in [1.807, 2.05) is 0 Å². The maximum atomic E-state index is 3.42. The van der Waals surface area contributed by atoms with Gasteiger partial charge in [-0.3, -0.25) is 4.90 Å². The highest BCUT2D eigenvalue weighted by molar-refractivity contribution is 5.35. The van der Waals surface area contributed by atoms with Gasteiger partial charge in [0.1, 0.15) is 0 Å². The number of hydrogen-bond donors (Lipinski definition) is 1. The zero-order valence-electron chi connectivity index (χ0n) is 12.8. The molecule has 0 unspecified atom stereocenters. The monoisotopic (exact) mass is 272 g/mol. The second-order valence-corrected chi connectivity index (χ2v) is 6.43. The Morgan fingerprint density at radius 2 is 1.80 bits per heavy atom. The maximum absolute atomic E-state index is 3.42. The molecule has 1 heterocycles. The largest absolute Gasteiger partial charge is 0.313 e. The van der Waals surface area contributed by atoms with E-state index in [-0.39, 0.29) is 0 Å². The number of hydrogen-bond acceptors (Lipinski definition) is 2. The number of fused-ring (bicyclic) bond motifs is 1. The minimum absolute atomic E-state index is 0.835. The van der Waals surface area contributed by atoms with Crippen molar-refractivity contribution in [1.29, 1.82) is 0 Å². The summed E-state index contributed by atoms with van der Waals surface area (Å²) in [4.78, 5) is 2.73. The molecule has 0 saturated heterocycles. The van der Waals surface area contributed by atoms with Crippen molar-refractivity contribution in [1.82, 2.24) is 10.2 Å². The summed E-state index contributed by atoms with van der Waals surface area (Å²) in [6, 6.07) is 7.92. The third-order valence-electron chi connectivity index (χ3n) is 4.94. The van der Waals surface area contributed by atoms with Gasteiger partial charge >= 0.3 is 0 Å². The van der Waals surface area contributed by atoms with Crippen molar-refractivity contribution >= 4 is 0 Å². The normalized spacial score (nSPS) is 20.9. The van der Waals surface area contributed by atoms with Crippen LogP contribution in [0.1, 0.15) is 62.1 Å². The molecule has 110 valence electrons. The van der Waals surface area contributed by atoms with Crippen molar-refractivity contribution in [2.24, 2.45) is 0 Å². The summed E-state index contributed by atoms with van der Waals surface area (Å²) in [5, 5.41) is 3.42. The fourth-order valence-corrected chi connectivity index (χ4v) is 3.73. The average Bonchev–Trinajstić information content (AvgIpc) is 2.70. The first-order chi connectivity index (χ1) is 9.86. The summed E-state index contributed by atoms with van der Waals surface area (Å²) in [6.45, 7) is 6.58. The van der Waals surface area contributed by atoms with E-state index in [0.717, 1.165) is 19.1 Å². The third kappa shape index (κ3) is 3.24. The molecule has 1 aromatic carbocycles. The highest BCUT2D eigenvalue weighted by atomic mass is 15.2. The molecule has 1 aliphatic carbocycles. The smallest absolute Gasteiger partial charge is 0.0243 e. The second kappa shape index (κ2) is 6.73. The van der Waals surface area contributed by atoms with Gasteiger partial charge in [-0.25, -0.2) is 0 Å². The minimum Gasteiger partial charge on any atom is -0.313 e. The Hall–Kier alpha value is -0.860. The predicted molar refractivity (Wildman–Crippen MR) is 84.6 cm³/mol. The Labute approximate surface area is 123 Å². The molecular weight excluding hydrogens is 244 g/mol. The lowest BCUT2D eigenvalue weighted by molar-refractivity contribution is 0.180. The van der Waals surface area contributed by atoms with Crippen molar-refractivity contribution < 1.29 is 0 Å². The van der Waals surface area contributed by atoms with Gasteiger partial charge in [0.15, 0.2) is 0 Å². The van der Waals surface area contributed by atoms with Crippen LogP contribution >= 0.6 is 0 Å². The van der Waals surface area contributed by atoms with Gasteiger partial charge in [0, 0.05) is 25.7 Å². The van der Waals surface area contributed by atoms with Crippen LogP contribution in [0.15, 0.2) is 18.2 Å². The van der Waals surface area contributed by atoms with Crippen molar-refractivity contribution in [2.45, 2.75) is 71.1 Å². The molecule has 0 spiro atoms. The van der Waals surface area contributed by atoms with E-state index >= 15 is 0 Å². The molecule has 2 nitrogen and oxygen atoms in total. The predicted octanol–water partition coefficient (Wildman–Crippen LogP) is 3.83. The summed E-state index contributed by atoms with van der Waals surface area (Å²) in [7, 11) is 0. The van der Waals surface area contributed by atoms with Crippen LogP contribution in [0.5, 0.6) is 0 Å². The van der Waals surface area contributed by atoms with Crippen LogP contribution in [0.2, 0.25) is 0 Å². The summed E-state index contributed by atoms with van der Waals surface area (Å²) < 4.78 is 0. The van der Waals surface area contributed by atoms with Gasteiger partial charge in [0.05, 0.1) is 0 Å². The van der Waals surface area contributed by atoms with Crippen LogP contribution < -0.4 is 5.32 Å². The van der Waals surface area contributed by atoms with E-state index in [1.165, 1.54) is 57.2 Å². The molecule has 0 atom stereocenters. The zero-order chi connectivity index (χ0) is 13.8. The number of nitrogens with zero attached hydrogens (tertiary/aromatic N) is 1. The minimum atomic E-state index is 0.835. The zero-order valence-corrected chi connectivity index (χ0v) is 12.8. The van der Waals surface area contributed by atoms with E-state index in [9.17, 15) is 0 Å². The van der Waals surface area contributed by atoms with Crippen molar-refractivity contribution in [3.05, 3.63) is 34.9 Å². The van der Waals surface area contributed by atoms with Crippen LogP contribution in [-0.4, -0.2) is 17.5 Å². The molecule has 1 saturated carbocycles. The van der Waals surface area contributed by atoms with E-state index < -0.39 is 0 Å². The molecule has 0 amide bonds. The first-order valence-corrected chi connectivity index (χ1v) is 8.42. The first kappa shape index (κ1) is 14.1. The fraction of sp³-hybridized carbons (Fsp3) is 0.667. The maximum Gasteiger partial charge on any atom is 0.0243 e. The molecule has 2 heteroatoms. The number of nitrogens with one attached hydrogen (secondary N) is 1. The second-order valence-electron chi connectivity index (χ2n) is 6.43. The highest BCUT2D eigenvalue weighted by Gasteiger charge is 2.26. The summed E-state index contributed by atoms with van der Waals surface area (Å²) in [5.74, 6) is 0. The molecule has 2 aliphatic rings. The van der Waals surface area contributed by atoms with E-state index in [1.54, 1.807) is 11.1 Å². The molecule has 3 rings (SSSR count). The van der Waals surface area contributed by atoms with Crippen LogP contribution in [0.3, 0.4) is 0 Å². The highest BCUT2D eigenvalue weighted by Crippen LogP contribution is 2.30. The topological polar surface area (TPSA) is 15.3 Å². The standard InChI is InChI=1S/C18H28N2/c1-2-19-12-15-9-10-16-13-20(14-17(16)11-15)18-7-5-3-4-6-8-18/h9-11,18-19H,2-8,12-14H2,1H3. The quantitative estimate of drug-likeness (QED) is 0.838. The molecule has 1 N–H and O–H groups in total. The average molecular weight is 272 g/mol. The Morgan fingerprint density at radius 1 is 1.05 bits per heavy atom. The van der Waals surface area contributed by atoms with Gasteiger partial charge < -0.3 is 5.32 Å². The lowest BCUT2D eigenvalue weighted by Crippen LogP contribution is -2.29. The molecular formula is C18H28N2. The van der Waals surface area contributed by atoms with Gasteiger partial charge in [-0.05, 0) is 36.1 Å². The molecule has 0 bridgehead atoms. The number of rotatable bonds is 4. The van der Waals surface area contributed by atoms with Gasteiger partial charge in [-0.1, -0.05) is 50.8 Å². The van der Waals surface area contributed by atoms with Gasteiger partial charge in [-0.2, -0.15) is 0 Å². The SMILES string of the molecule is CCNCc1ccc2c(c1)CN(C1CCCCCC1)C2. The molecule has 0 aromatic heterocycles. The lowest BCUT2D eigenvalue weighted by atomic mass is 10.1. The Kier molecular flexibility index (Phi) is 4.74. The van der Waals surface area contributed by atoms with Gasteiger partial charge in [-0.15, -0.1) is 0 Å². The molecule has 20 heavy (non-hydrogen) atoms. The van der Waals surface area contributed by atoms with Crippen LogP contribution in [0.4, 0.5) is 0 Å². The summed E-state index contributed by atoms with van der Waals surface area (Å²) in [5.41, 5.74) is 4.58. The van der Waals surface area contributed by atoms with Crippen LogP contribution in [-0.2, 0) is 19.6 Å². The molecule has 1 aliphatic heterocycles. The van der Waals surface area contributed by atoms with Crippen LogP contribution in [0.25, 0.3) is 0 Å². The van der Waals surface area contributed by atoms with Crippen molar-refractivity contribution in [3.63, 3.8) is 0 Å². The fourth-order valence-electron chi connectivity index (χ4n) is 3.73. The van der Waals surface area contributed by atoms with E-state index in [4.69, 9.17) is 0 Å². The molecule has 1 aromatic rings. The lowest BCUT2D eigenvalue weighted by Gasteiger charge is -2.26. The van der Waals surface area contributed by atoms with Crippen LogP contribution in [0, 0.1) is 0 Å². The molecule has 1 fully saturated rings. The Bertz CT molecular complexity index is 433. The van der Waals surface area contributed by atoms with E-state index in [0.29, 0.717) is 0 Å². The van der Waals surface area contributed by atoms with Gasteiger partial charge in [0.25, 0.3) is 0 Å². The Balaban J connectivity index is 1.65. The van der Waals surface area contributed by atoms with E-state index in [2.05, 4.69) is 35.3 Å². The van der Waals surface area contributed by atoms with Crippen molar-refractivity contribution in [2.75, 3.05) is 6.54 Å². The number of benzene rings is 1. The summed E-state index contributed by atoms with van der Waals surface area (Å²) in [6.07, 6.45) is 8.59. The van der Waals surface area contributed by atoms with Gasteiger partial charge in [0.2, 0.25) is 0 Å².